The van der Waals surface area contributed by atoms with Gasteiger partial charge in [-0.3, -0.25) is 10.1 Å². The van der Waals surface area contributed by atoms with Crippen LogP contribution in [0, 0.1) is 10.1 Å². The van der Waals surface area contributed by atoms with Crippen molar-refractivity contribution in [1.82, 2.24) is 4.98 Å². The number of nitro groups is 1. The molecule has 0 saturated heterocycles. The van der Waals surface area contributed by atoms with E-state index in [2.05, 4.69) is 15.6 Å². The summed E-state index contributed by atoms with van der Waals surface area (Å²) in [4.78, 5) is 14.7. The van der Waals surface area contributed by atoms with Crippen LogP contribution in [-0.2, 0) is 0 Å². The minimum Gasteiger partial charge on any atom is -0.387 e. The first-order valence-corrected chi connectivity index (χ1v) is 7.38. The molecule has 112 valence electrons. The topological polar surface area (TPSA) is 100 Å². The van der Waals surface area contributed by atoms with Crippen LogP contribution < -0.4 is 10.6 Å². The predicted molar refractivity (Wildman–Crippen MR) is 82.8 cm³/mol. The van der Waals surface area contributed by atoms with E-state index < -0.39 is 11.0 Å². The van der Waals surface area contributed by atoms with E-state index in [9.17, 15) is 15.2 Å². The van der Waals surface area contributed by atoms with Gasteiger partial charge in [0.05, 0.1) is 23.2 Å². The van der Waals surface area contributed by atoms with Gasteiger partial charge in [0.2, 0.25) is 0 Å². The first-order chi connectivity index (χ1) is 10.1. The van der Waals surface area contributed by atoms with E-state index in [-0.39, 0.29) is 12.2 Å². The van der Waals surface area contributed by atoms with E-state index in [1.165, 1.54) is 23.5 Å². The first-order valence-electron chi connectivity index (χ1n) is 6.44. The quantitative estimate of drug-likeness (QED) is 0.537. The molecule has 0 spiro atoms. The van der Waals surface area contributed by atoms with E-state index in [1.54, 1.807) is 0 Å². The second kappa shape index (κ2) is 7.00. The number of nitrogens with zero attached hydrogens (tertiary/aromatic N) is 2. The highest BCUT2D eigenvalue weighted by atomic mass is 32.1. The van der Waals surface area contributed by atoms with Crippen molar-refractivity contribution < 1.29 is 10.0 Å². The van der Waals surface area contributed by atoms with Crippen LogP contribution in [0.15, 0.2) is 29.0 Å². The van der Waals surface area contributed by atoms with E-state index in [4.69, 9.17) is 0 Å². The number of pyridine rings is 1. The number of aromatic nitrogens is 1. The Kier molecular flexibility index (Phi) is 5.07. The standard InChI is InChI=1S/C13H16N4O3S/c1-2-14-12-5-10(17(19)20)6-13(16-12)15-7-11(18)9-3-4-21-8-9/h3-6,8,11,18H,2,7H2,1H3,(H2,14,15,16). The van der Waals surface area contributed by atoms with Gasteiger partial charge >= 0.3 is 0 Å². The summed E-state index contributed by atoms with van der Waals surface area (Å²) in [5, 5.41) is 30.5. The molecule has 0 fully saturated rings. The normalized spacial score (nSPS) is 11.9. The third-order valence-corrected chi connectivity index (χ3v) is 3.48. The summed E-state index contributed by atoms with van der Waals surface area (Å²) in [6.45, 7) is 2.73. The number of hydrogen-bond acceptors (Lipinski definition) is 7. The lowest BCUT2D eigenvalue weighted by molar-refractivity contribution is -0.384. The number of rotatable bonds is 7. The van der Waals surface area contributed by atoms with Crippen molar-refractivity contribution in [3.05, 3.63) is 44.6 Å². The number of anilines is 2. The van der Waals surface area contributed by atoms with Gasteiger partial charge in [0.15, 0.2) is 0 Å². The molecular formula is C13H16N4O3S. The molecule has 8 heteroatoms. The van der Waals surface area contributed by atoms with Gasteiger partial charge in [-0.25, -0.2) is 4.98 Å². The molecule has 0 amide bonds. The highest BCUT2D eigenvalue weighted by Gasteiger charge is 2.13. The summed E-state index contributed by atoms with van der Waals surface area (Å²) in [6, 6.07) is 4.56. The third kappa shape index (κ3) is 4.14. The number of aliphatic hydroxyl groups is 1. The summed E-state index contributed by atoms with van der Waals surface area (Å²) in [5.41, 5.74) is 0.762. The highest BCUT2D eigenvalue weighted by Crippen LogP contribution is 2.22. The third-order valence-electron chi connectivity index (χ3n) is 2.78. The fourth-order valence-corrected chi connectivity index (χ4v) is 2.47. The van der Waals surface area contributed by atoms with E-state index in [0.717, 1.165) is 5.56 Å². The van der Waals surface area contributed by atoms with Gasteiger partial charge in [0.25, 0.3) is 5.69 Å². The average molecular weight is 308 g/mol. The van der Waals surface area contributed by atoms with Crippen molar-refractivity contribution in [1.29, 1.82) is 0 Å². The molecule has 0 bridgehead atoms. The fraction of sp³-hybridized carbons (Fsp3) is 0.308. The van der Waals surface area contributed by atoms with Crippen molar-refractivity contribution in [2.75, 3.05) is 23.7 Å². The fourth-order valence-electron chi connectivity index (χ4n) is 1.77. The molecular weight excluding hydrogens is 292 g/mol. The summed E-state index contributed by atoms with van der Waals surface area (Å²) < 4.78 is 0. The largest absolute Gasteiger partial charge is 0.387 e. The lowest BCUT2D eigenvalue weighted by Gasteiger charge is -2.12. The van der Waals surface area contributed by atoms with Crippen LogP contribution in [0.2, 0.25) is 0 Å². The maximum Gasteiger partial charge on any atom is 0.276 e. The van der Waals surface area contributed by atoms with E-state index >= 15 is 0 Å². The number of aliphatic hydroxyl groups excluding tert-OH is 1. The van der Waals surface area contributed by atoms with Crippen molar-refractivity contribution >= 4 is 28.7 Å². The van der Waals surface area contributed by atoms with Gasteiger partial charge in [-0.15, -0.1) is 0 Å². The molecule has 2 aromatic heterocycles. The monoisotopic (exact) mass is 308 g/mol. The van der Waals surface area contributed by atoms with Crippen molar-refractivity contribution in [2.45, 2.75) is 13.0 Å². The Bertz CT molecular complexity index is 603. The van der Waals surface area contributed by atoms with Gasteiger partial charge in [-0.1, -0.05) is 0 Å². The molecule has 2 heterocycles. The van der Waals surface area contributed by atoms with E-state index in [0.29, 0.717) is 18.2 Å². The minimum atomic E-state index is -0.681. The van der Waals surface area contributed by atoms with E-state index in [1.807, 2.05) is 23.8 Å². The van der Waals surface area contributed by atoms with Crippen LogP contribution in [0.5, 0.6) is 0 Å². The van der Waals surface area contributed by atoms with Gasteiger partial charge in [-0.05, 0) is 29.3 Å². The molecule has 21 heavy (non-hydrogen) atoms. The van der Waals surface area contributed by atoms with Crippen LogP contribution in [0.25, 0.3) is 0 Å². The molecule has 2 aromatic rings. The molecule has 0 saturated carbocycles. The minimum absolute atomic E-state index is 0.0477. The summed E-state index contributed by atoms with van der Waals surface area (Å²) in [6.07, 6.45) is -0.681. The summed E-state index contributed by atoms with van der Waals surface area (Å²) >= 11 is 1.50. The average Bonchev–Trinajstić information content (AvgIpc) is 2.99. The van der Waals surface area contributed by atoms with Crippen LogP contribution in [-0.4, -0.2) is 28.1 Å². The Morgan fingerprint density at radius 1 is 1.43 bits per heavy atom. The predicted octanol–water partition coefficient (Wildman–Crippen LogP) is 2.63. The lowest BCUT2D eigenvalue weighted by Crippen LogP contribution is -2.13. The van der Waals surface area contributed by atoms with Crippen LogP contribution in [0.3, 0.4) is 0 Å². The zero-order valence-corrected chi connectivity index (χ0v) is 12.3. The molecule has 1 unspecified atom stereocenters. The Hall–Kier alpha value is -2.19. The van der Waals surface area contributed by atoms with Crippen LogP contribution in [0.1, 0.15) is 18.6 Å². The van der Waals surface area contributed by atoms with Gasteiger partial charge in [0.1, 0.15) is 11.6 Å². The molecule has 0 aromatic carbocycles. The molecule has 7 nitrogen and oxygen atoms in total. The molecule has 3 N–H and O–H groups in total. The Morgan fingerprint density at radius 3 is 2.71 bits per heavy atom. The molecule has 0 radical (unpaired) electrons. The maximum absolute atomic E-state index is 10.9. The summed E-state index contributed by atoms with van der Waals surface area (Å²) in [7, 11) is 0. The van der Waals surface area contributed by atoms with Gasteiger partial charge < -0.3 is 15.7 Å². The highest BCUT2D eigenvalue weighted by molar-refractivity contribution is 7.07. The summed E-state index contributed by atoms with van der Waals surface area (Å²) in [5.74, 6) is 0.786. The zero-order valence-electron chi connectivity index (χ0n) is 11.4. The van der Waals surface area contributed by atoms with Crippen molar-refractivity contribution in [2.24, 2.45) is 0 Å². The van der Waals surface area contributed by atoms with Crippen LogP contribution in [0.4, 0.5) is 17.3 Å². The first kappa shape index (κ1) is 15.2. The molecule has 2 rings (SSSR count). The zero-order chi connectivity index (χ0) is 15.2. The lowest BCUT2D eigenvalue weighted by atomic mass is 10.2. The number of thiophene rings is 1. The second-order valence-electron chi connectivity index (χ2n) is 4.34. The van der Waals surface area contributed by atoms with Gasteiger partial charge in [-0.2, -0.15) is 11.3 Å². The SMILES string of the molecule is CCNc1cc([N+](=O)[O-])cc(NCC(O)c2ccsc2)n1. The molecule has 0 aliphatic rings. The molecule has 1 atom stereocenters. The molecule has 0 aliphatic heterocycles. The van der Waals surface area contributed by atoms with Crippen LogP contribution >= 0.6 is 11.3 Å². The number of hydrogen-bond donors (Lipinski definition) is 3. The van der Waals surface area contributed by atoms with Crippen molar-refractivity contribution in [3.8, 4) is 0 Å². The maximum atomic E-state index is 10.9. The Balaban J connectivity index is 2.09. The number of nitrogens with one attached hydrogen (secondary N) is 2. The molecule has 0 aliphatic carbocycles. The Morgan fingerprint density at radius 2 is 2.14 bits per heavy atom. The second-order valence-corrected chi connectivity index (χ2v) is 5.12. The Labute approximate surface area is 125 Å². The van der Waals surface area contributed by atoms with Gasteiger partial charge in [0, 0.05) is 13.1 Å². The van der Waals surface area contributed by atoms with Crippen molar-refractivity contribution in [3.63, 3.8) is 0 Å². The smallest absolute Gasteiger partial charge is 0.276 e.